The maximum absolute atomic E-state index is 12.3. The number of benzene rings is 1. The van der Waals surface area contributed by atoms with Crippen LogP contribution in [0, 0.1) is 0 Å². The number of hydrogen-bond acceptors (Lipinski definition) is 3. The Balaban J connectivity index is 1.70. The Morgan fingerprint density at radius 2 is 2.04 bits per heavy atom. The maximum atomic E-state index is 12.3. The Bertz CT molecular complexity index is 695. The lowest BCUT2D eigenvalue weighted by molar-refractivity contribution is -0.146. The van der Waals surface area contributed by atoms with E-state index in [1.807, 2.05) is 0 Å². The zero-order valence-corrected chi connectivity index (χ0v) is 13.8. The predicted octanol–water partition coefficient (Wildman–Crippen LogP) is 1.21. The van der Waals surface area contributed by atoms with Gasteiger partial charge < -0.3 is 15.5 Å². The summed E-state index contributed by atoms with van der Waals surface area (Å²) in [6.45, 7) is 1.98. The molecule has 3 atom stereocenters. The molecule has 2 heterocycles. The third kappa shape index (κ3) is 3.01. The summed E-state index contributed by atoms with van der Waals surface area (Å²) in [6, 6.07) is 3.30. The molecule has 0 unspecified atom stereocenters. The highest BCUT2D eigenvalue weighted by Crippen LogP contribution is 2.24. The largest absolute Gasteiger partial charge is 0.347 e. The topological polar surface area (TPSA) is 78.5 Å². The number of hydrogen-bond donors (Lipinski definition) is 2. The van der Waals surface area contributed by atoms with E-state index < -0.39 is 12.1 Å². The minimum Gasteiger partial charge on any atom is -0.347 e. The number of carbonyl (C=O) groups is 3. The van der Waals surface area contributed by atoms with Crippen LogP contribution in [0.5, 0.6) is 0 Å². The quantitative estimate of drug-likeness (QED) is 0.836. The molecule has 0 bridgehead atoms. The van der Waals surface area contributed by atoms with Crippen LogP contribution in [0.4, 0.5) is 0 Å². The van der Waals surface area contributed by atoms with Gasteiger partial charge in [-0.2, -0.15) is 0 Å². The van der Waals surface area contributed by atoms with Gasteiger partial charge >= 0.3 is 0 Å². The summed E-state index contributed by atoms with van der Waals surface area (Å²) in [5.74, 6) is -0.612. The van der Waals surface area contributed by atoms with Gasteiger partial charge in [-0.25, -0.2) is 0 Å². The van der Waals surface area contributed by atoms with Crippen LogP contribution in [0.15, 0.2) is 18.2 Å². The van der Waals surface area contributed by atoms with E-state index in [0.29, 0.717) is 28.6 Å². The van der Waals surface area contributed by atoms with Crippen LogP contribution in [0.2, 0.25) is 10.0 Å². The van der Waals surface area contributed by atoms with Crippen molar-refractivity contribution >= 4 is 40.9 Å². The molecule has 2 aliphatic heterocycles. The number of carbonyl (C=O) groups excluding carboxylic acids is 3. The Kier molecular flexibility index (Phi) is 4.21. The van der Waals surface area contributed by atoms with Crippen LogP contribution < -0.4 is 10.6 Å². The summed E-state index contributed by atoms with van der Waals surface area (Å²) in [7, 11) is 0. The van der Waals surface area contributed by atoms with Crippen LogP contribution >= 0.6 is 23.2 Å². The fourth-order valence-corrected chi connectivity index (χ4v) is 3.26. The molecule has 0 saturated carbocycles. The summed E-state index contributed by atoms with van der Waals surface area (Å²) < 4.78 is 0. The van der Waals surface area contributed by atoms with Crippen LogP contribution in [0.25, 0.3) is 0 Å². The number of fused-ring (bicyclic) bond motifs is 1. The van der Waals surface area contributed by atoms with E-state index in [9.17, 15) is 14.4 Å². The molecular formula is C15H15Cl2N3O3. The van der Waals surface area contributed by atoms with Gasteiger partial charge in [-0.3, -0.25) is 14.4 Å². The second-order valence-corrected chi connectivity index (χ2v) is 6.59. The lowest BCUT2D eigenvalue weighted by Crippen LogP contribution is -2.60. The van der Waals surface area contributed by atoms with E-state index in [0.717, 1.165) is 0 Å². The molecule has 6 nitrogen and oxygen atoms in total. The molecule has 1 aromatic carbocycles. The van der Waals surface area contributed by atoms with Gasteiger partial charge in [0.05, 0.1) is 10.0 Å². The van der Waals surface area contributed by atoms with Crippen molar-refractivity contribution < 1.29 is 14.4 Å². The van der Waals surface area contributed by atoms with E-state index in [4.69, 9.17) is 23.2 Å². The first-order valence-corrected chi connectivity index (χ1v) is 7.99. The number of rotatable bonds is 2. The smallest absolute Gasteiger partial charge is 0.251 e. The SMILES string of the molecule is C[C@@H]1NC(=O)[C@@H]2C[C@H](NC(=O)c3ccc(Cl)c(Cl)c3)CN2C1=O. The van der Waals surface area contributed by atoms with Gasteiger partial charge in [0.2, 0.25) is 11.8 Å². The monoisotopic (exact) mass is 355 g/mol. The van der Waals surface area contributed by atoms with Crippen molar-refractivity contribution in [1.82, 2.24) is 15.5 Å². The molecule has 8 heteroatoms. The molecule has 0 aliphatic carbocycles. The van der Waals surface area contributed by atoms with Gasteiger partial charge in [0.15, 0.2) is 0 Å². The number of piperazine rings is 1. The van der Waals surface area contributed by atoms with Crippen molar-refractivity contribution in [2.24, 2.45) is 0 Å². The van der Waals surface area contributed by atoms with Crippen molar-refractivity contribution in [2.45, 2.75) is 31.5 Å². The first-order valence-electron chi connectivity index (χ1n) is 7.23. The summed E-state index contributed by atoms with van der Waals surface area (Å²) >= 11 is 11.7. The Morgan fingerprint density at radius 1 is 1.30 bits per heavy atom. The van der Waals surface area contributed by atoms with E-state index in [1.54, 1.807) is 19.1 Å². The van der Waals surface area contributed by atoms with Gasteiger partial charge in [-0.1, -0.05) is 23.2 Å². The molecule has 2 saturated heterocycles. The van der Waals surface area contributed by atoms with Crippen molar-refractivity contribution in [1.29, 1.82) is 0 Å². The average molecular weight is 356 g/mol. The molecule has 3 amide bonds. The van der Waals surface area contributed by atoms with E-state index >= 15 is 0 Å². The molecule has 0 spiro atoms. The van der Waals surface area contributed by atoms with E-state index in [1.165, 1.54) is 11.0 Å². The number of nitrogens with one attached hydrogen (secondary N) is 2. The van der Waals surface area contributed by atoms with Crippen LogP contribution in [-0.2, 0) is 9.59 Å². The van der Waals surface area contributed by atoms with Crippen LogP contribution in [0.1, 0.15) is 23.7 Å². The predicted molar refractivity (Wildman–Crippen MR) is 85.4 cm³/mol. The fraction of sp³-hybridized carbons (Fsp3) is 0.400. The summed E-state index contributed by atoms with van der Waals surface area (Å²) in [5.41, 5.74) is 0.383. The number of amides is 3. The Hall–Kier alpha value is -1.79. The first-order chi connectivity index (χ1) is 10.9. The zero-order chi connectivity index (χ0) is 16.7. The minimum absolute atomic E-state index is 0.124. The molecule has 2 fully saturated rings. The molecule has 2 N–H and O–H groups in total. The van der Waals surface area contributed by atoms with Crippen LogP contribution in [0.3, 0.4) is 0 Å². The number of halogens is 2. The van der Waals surface area contributed by atoms with Crippen molar-refractivity contribution in [3.63, 3.8) is 0 Å². The molecule has 1 aromatic rings. The van der Waals surface area contributed by atoms with Gasteiger partial charge in [-0.05, 0) is 31.5 Å². The highest BCUT2D eigenvalue weighted by atomic mass is 35.5. The first kappa shape index (κ1) is 16.1. The van der Waals surface area contributed by atoms with E-state index in [-0.39, 0.29) is 23.8 Å². The van der Waals surface area contributed by atoms with Crippen molar-refractivity contribution in [2.75, 3.05) is 6.54 Å². The van der Waals surface area contributed by atoms with Gasteiger partial charge in [0.25, 0.3) is 5.91 Å². The lowest BCUT2D eigenvalue weighted by atomic mass is 10.1. The van der Waals surface area contributed by atoms with Gasteiger partial charge in [0.1, 0.15) is 12.1 Å². The summed E-state index contributed by atoms with van der Waals surface area (Å²) in [5, 5.41) is 6.15. The lowest BCUT2D eigenvalue weighted by Gasteiger charge is -2.32. The third-order valence-corrected chi connectivity index (χ3v) is 4.87. The second kappa shape index (κ2) is 6.02. The standard InChI is InChI=1S/C15H15Cl2N3O3/c1-7-15(23)20-6-9(5-12(20)14(22)18-7)19-13(21)8-2-3-10(16)11(17)4-8/h2-4,7,9,12H,5-6H2,1H3,(H,18,22)(H,19,21)/t7-,9-,12-/m0/s1. The van der Waals surface area contributed by atoms with Gasteiger partial charge in [-0.15, -0.1) is 0 Å². The maximum Gasteiger partial charge on any atom is 0.251 e. The Morgan fingerprint density at radius 3 is 2.74 bits per heavy atom. The molecule has 2 aliphatic rings. The van der Waals surface area contributed by atoms with Crippen LogP contribution in [-0.4, -0.2) is 47.3 Å². The third-order valence-electron chi connectivity index (χ3n) is 4.13. The highest BCUT2D eigenvalue weighted by molar-refractivity contribution is 6.42. The zero-order valence-electron chi connectivity index (χ0n) is 12.3. The summed E-state index contributed by atoms with van der Waals surface area (Å²) in [4.78, 5) is 37.9. The average Bonchev–Trinajstić information content (AvgIpc) is 2.92. The van der Waals surface area contributed by atoms with Crippen molar-refractivity contribution in [3.05, 3.63) is 33.8 Å². The highest BCUT2D eigenvalue weighted by Gasteiger charge is 2.45. The molecule has 122 valence electrons. The van der Waals surface area contributed by atoms with E-state index in [2.05, 4.69) is 10.6 Å². The second-order valence-electron chi connectivity index (χ2n) is 5.77. The minimum atomic E-state index is -0.525. The summed E-state index contributed by atoms with van der Waals surface area (Å²) in [6.07, 6.45) is 0.400. The van der Waals surface area contributed by atoms with Crippen molar-refractivity contribution in [3.8, 4) is 0 Å². The fourth-order valence-electron chi connectivity index (χ4n) is 2.96. The van der Waals surface area contributed by atoms with Gasteiger partial charge in [0, 0.05) is 18.2 Å². The molecule has 23 heavy (non-hydrogen) atoms. The number of nitrogens with zero attached hydrogens (tertiary/aromatic N) is 1. The molecular weight excluding hydrogens is 341 g/mol. The Labute approximate surface area is 143 Å². The normalized spacial score (nSPS) is 26.7. The molecule has 0 aromatic heterocycles. The molecule has 0 radical (unpaired) electrons. The molecule has 3 rings (SSSR count).